The topological polar surface area (TPSA) is 27.7 Å². The van der Waals surface area contributed by atoms with Gasteiger partial charge in [0.15, 0.2) is 0 Å². The summed E-state index contributed by atoms with van der Waals surface area (Å²) in [6.07, 6.45) is 2.27. The van der Waals surface area contributed by atoms with Crippen LogP contribution in [-0.2, 0) is 4.43 Å². The zero-order valence-electron chi connectivity index (χ0n) is 17.2. The van der Waals surface area contributed by atoms with Gasteiger partial charge in [-0.25, -0.2) is 0 Å². The molecular weight excluding hydrogens is 352 g/mol. The molecule has 0 aliphatic rings. The number of hydrogen-bond acceptors (Lipinski definition) is 3. The van der Waals surface area contributed by atoms with E-state index in [1.807, 2.05) is 31.2 Å². The van der Waals surface area contributed by atoms with Crippen LogP contribution in [0.5, 0.6) is 11.5 Å². The van der Waals surface area contributed by atoms with Crippen LogP contribution in [0.3, 0.4) is 0 Å². The maximum atomic E-state index is 6.67. The summed E-state index contributed by atoms with van der Waals surface area (Å²) in [6, 6.07) is 18.5. The first-order valence-electron chi connectivity index (χ1n) is 9.79. The van der Waals surface area contributed by atoms with E-state index in [-0.39, 0.29) is 6.10 Å². The maximum absolute atomic E-state index is 6.67. The van der Waals surface area contributed by atoms with Crippen LogP contribution in [0.25, 0.3) is 6.08 Å². The summed E-state index contributed by atoms with van der Waals surface area (Å²) in [6.45, 7) is 9.29. The van der Waals surface area contributed by atoms with Crippen molar-refractivity contribution in [3.63, 3.8) is 0 Å². The monoisotopic (exact) mass is 384 g/mol. The molecule has 0 saturated carbocycles. The molecule has 146 valence electrons. The van der Waals surface area contributed by atoms with Gasteiger partial charge in [-0.1, -0.05) is 49.9 Å². The van der Waals surface area contributed by atoms with Gasteiger partial charge < -0.3 is 13.9 Å². The van der Waals surface area contributed by atoms with Crippen LogP contribution in [0.15, 0.2) is 54.2 Å². The standard InChI is InChI=1S/C23H32O3Si/c1-6-25-23-13-9-20(10-14-23)17-18-27(7-2,8-3)26-19(4)21-11-15-22(24-5)16-12-21/h9-19H,6-8H2,1-5H3/b18-17+. The van der Waals surface area contributed by atoms with Gasteiger partial charge in [-0.15, -0.1) is 0 Å². The van der Waals surface area contributed by atoms with E-state index in [0.717, 1.165) is 23.6 Å². The molecule has 0 spiro atoms. The number of ether oxygens (including phenoxy) is 2. The minimum absolute atomic E-state index is 0.0625. The third-order valence-electron chi connectivity index (χ3n) is 4.96. The van der Waals surface area contributed by atoms with E-state index in [9.17, 15) is 0 Å². The Morgan fingerprint density at radius 2 is 1.48 bits per heavy atom. The smallest absolute Gasteiger partial charge is 0.217 e. The Labute approximate surface area is 165 Å². The molecule has 1 unspecified atom stereocenters. The van der Waals surface area contributed by atoms with Gasteiger partial charge >= 0.3 is 0 Å². The van der Waals surface area contributed by atoms with Crippen molar-refractivity contribution in [2.24, 2.45) is 0 Å². The van der Waals surface area contributed by atoms with E-state index in [4.69, 9.17) is 13.9 Å². The molecule has 0 aliphatic carbocycles. The Morgan fingerprint density at radius 3 is 2.00 bits per heavy atom. The summed E-state index contributed by atoms with van der Waals surface area (Å²) in [4.78, 5) is 0. The quantitative estimate of drug-likeness (QED) is 0.443. The second-order valence-electron chi connectivity index (χ2n) is 6.64. The fourth-order valence-corrected chi connectivity index (χ4v) is 5.80. The normalized spacial score (nSPS) is 12.9. The molecule has 2 aromatic rings. The van der Waals surface area contributed by atoms with Crippen LogP contribution in [0.2, 0.25) is 12.1 Å². The summed E-state index contributed by atoms with van der Waals surface area (Å²) in [5.74, 6) is 1.78. The molecule has 0 amide bonds. The second kappa shape index (κ2) is 10.3. The lowest BCUT2D eigenvalue weighted by Gasteiger charge is -2.30. The molecule has 3 nitrogen and oxygen atoms in total. The lowest BCUT2D eigenvalue weighted by atomic mass is 10.1. The highest BCUT2D eigenvalue weighted by molar-refractivity contribution is 6.79. The van der Waals surface area contributed by atoms with Gasteiger partial charge in [0.2, 0.25) is 8.32 Å². The van der Waals surface area contributed by atoms with Crippen molar-refractivity contribution >= 4 is 14.4 Å². The van der Waals surface area contributed by atoms with Gasteiger partial charge in [-0.2, -0.15) is 0 Å². The van der Waals surface area contributed by atoms with Gasteiger partial charge in [0.1, 0.15) is 11.5 Å². The van der Waals surface area contributed by atoms with Crippen LogP contribution in [-0.4, -0.2) is 22.0 Å². The molecule has 4 heteroatoms. The summed E-state index contributed by atoms with van der Waals surface area (Å²) < 4.78 is 17.4. The Morgan fingerprint density at radius 1 is 0.889 bits per heavy atom. The van der Waals surface area contributed by atoms with Gasteiger partial charge in [0, 0.05) is 0 Å². The van der Waals surface area contributed by atoms with Gasteiger partial charge in [0.25, 0.3) is 0 Å². The van der Waals surface area contributed by atoms with E-state index < -0.39 is 8.32 Å². The molecule has 1 atom stereocenters. The number of methoxy groups -OCH3 is 1. The molecule has 0 aromatic heterocycles. The highest BCUT2D eigenvalue weighted by atomic mass is 28.4. The molecule has 0 radical (unpaired) electrons. The lowest BCUT2D eigenvalue weighted by molar-refractivity contribution is 0.216. The predicted octanol–water partition coefficient (Wildman–Crippen LogP) is 6.41. The number of benzene rings is 2. The van der Waals surface area contributed by atoms with Crippen molar-refractivity contribution in [2.75, 3.05) is 13.7 Å². The maximum Gasteiger partial charge on any atom is 0.217 e. The first-order valence-corrected chi connectivity index (χ1v) is 12.2. The number of rotatable bonds is 10. The second-order valence-corrected chi connectivity index (χ2v) is 10.8. The SMILES string of the molecule is CCOc1ccc(/C=C/[Si](CC)(CC)OC(C)c2ccc(OC)cc2)cc1. The molecule has 0 aliphatic heterocycles. The van der Waals surface area contributed by atoms with Gasteiger partial charge in [0.05, 0.1) is 19.8 Å². The van der Waals surface area contributed by atoms with Gasteiger partial charge in [-0.3, -0.25) is 0 Å². The molecular formula is C23H32O3Si. The molecule has 0 N–H and O–H groups in total. The highest BCUT2D eigenvalue weighted by Crippen LogP contribution is 2.29. The van der Waals surface area contributed by atoms with Crippen molar-refractivity contribution in [2.45, 2.75) is 45.9 Å². The molecule has 2 rings (SSSR count). The summed E-state index contributed by atoms with van der Waals surface area (Å²) >= 11 is 0. The summed E-state index contributed by atoms with van der Waals surface area (Å²) in [7, 11) is -0.279. The van der Waals surface area contributed by atoms with Crippen LogP contribution in [0.1, 0.15) is 44.9 Å². The Bertz CT molecular complexity index is 703. The third-order valence-corrected chi connectivity index (χ3v) is 8.96. The fraction of sp³-hybridized carbons (Fsp3) is 0.391. The van der Waals surface area contributed by atoms with Crippen molar-refractivity contribution < 1.29 is 13.9 Å². The number of hydrogen-bond donors (Lipinski definition) is 0. The first-order chi connectivity index (χ1) is 13.1. The largest absolute Gasteiger partial charge is 0.497 e. The van der Waals surface area contributed by atoms with Crippen molar-refractivity contribution in [1.82, 2.24) is 0 Å². The van der Waals surface area contributed by atoms with Crippen LogP contribution < -0.4 is 9.47 Å². The van der Waals surface area contributed by atoms with Crippen LogP contribution >= 0.6 is 0 Å². The van der Waals surface area contributed by atoms with E-state index in [0.29, 0.717) is 6.61 Å². The van der Waals surface area contributed by atoms with E-state index in [1.54, 1.807) is 7.11 Å². The zero-order chi connectivity index (χ0) is 19.7. The average Bonchev–Trinajstić information content (AvgIpc) is 2.72. The van der Waals surface area contributed by atoms with E-state index >= 15 is 0 Å². The zero-order valence-corrected chi connectivity index (χ0v) is 18.2. The molecule has 27 heavy (non-hydrogen) atoms. The Hall–Kier alpha value is -2.04. The van der Waals surface area contributed by atoms with Gasteiger partial charge in [-0.05, 0) is 61.3 Å². The minimum Gasteiger partial charge on any atom is -0.497 e. The minimum atomic E-state index is -1.97. The van der Waals surface area contributed by atoms with Crippen molar-refractivity contribution in [3.05, 3.63) is 65.4 Å². The van der Waals surface area contributed by atoms with Crippen LogP contribution in [0, 0.1) is 0 Å². The van der Waals surface area contributed by atoms with Crippen molar-refractivity contribution in [1.29, 1.82) is 0 Å². The predicted molar refractivity (Wildman–Crippen MR) is 116 cm³/mol. The lowest BCUT2D eigenvalue weighted by Crippen LogP contribution is -2.35. The van der Waals surface area contributed by atoms with E-state index in [1.165, 1.54) is 11.1 Å². The Kier molecular flexibility index (Phi) is 8.14. The third kappa shape index (κ3) is 5.98. The molecule has 2 aromatic carbocycles. The molecule has 0 saturated heterocycles. The summed E-state index contributed by atoms with van der Waals surface area (Å²) in [5.41, 5.74) is 4.70. The molecule has 0 heterocycles. The Balaban J connectivity index is 2.12. The highest BCUT2D eigenvalue weighted by Gasteiger charge is 2.30. The molecule has 0 fully saturated rings. The average molecular weight is 385 g/mol. The van der Waals surface area contributed by atoms with Crippen molar-refractivity contribution in [3.8, 4) is 11.5 Å². The van der Waals surface area contributed by atoms with E-state index in [2.05, 4.69) is 56.8 Å². The summed E-state index contributed by atoms with van der Waals surface area (Å²) in [5, 5.41) is 0. The molecule has 0 bridgehead atoms. The fourth-order valence-electron chi connectivity index (χ4n) is 3.08. The first kappa shape index (κ1) is 21.3. The van der Waals surface area contributed by atoms with Crippen LogP contribution in [0.4, 0.5) is 0 Å².